The van der Waals surface area contributed by atoms with Crippen molar-refractivity contribution >= 4 is 5.96 Å². The molecule has 1 atom stereocenters. The van der Waals surface area contributed by atoms with Gasteiger partial charge in [-0.05, 0) is 24.6 Å². The summed E-state index contributed by atoms with van der Waals surface area (Å²) in [6, 6.07) is 4.20. The molecule has 76 valence electrons. The van der Waals surface area contributed by atoms with Gasteiger partial charge >= 0.3 is 0 Å². The van der Waals surface area contributed by atoms with Crippen molar-refractivity contribution in [2.45, 2.75) is 13.0 Å². The Morgan fingerprint density at radius 1 is 1.43 bits per heavy atom. The van der Waals surface area contributed by atoms with Crippen LogP contribution in [0.3, 0.4) is 0 Å². The molecule has 0 radical (unpaired) electrons. The molecule has 0 saturated carbocycles. The number of nitrogens with one attached hydrogen (secondary N) is 2. The lowest BCUT2D eigenvalue weighted by Crippen LogP contribution is -2.36. The maximum absolute atomic E-state index is 4.05. The van der Waals surface area contributed by atoms with Gasteiger partial charge in [0.1, 0.15) is 0 Å². The van der Waals surface area contributed by atoms with Gasteiger partial charge in [-0.15, -0.1) is 0 Å². The van der Waals surface area contributed by atoms with Crippen LogP contribution in [0, 0.1) is 0 Å². The van der Waals surface area contributed by atoms with Crippen LogP contribution < -0.4 is 10.6 Å². The maximum Gasteiger partial charge on any atom is 0.191 e. The molecule has 0 aliphatic carbocycles. The first-order valence-corrected chi connectivity index (χ1v) is 4.59. The van der Waals surface area contributed by atoms with Gasteiger partial charge in [-0.1, -0.05) is 0 Å². The highest BCUT2D eigenvalue weighted by Gasteiger charge is 2.05. The summed E-state index contributed by atoms with van der Waals surface area (Å²) in [5.41, 5.74) is 1.19. The van der Waals surface area contributed by atoms with Gasteiger partial charge in [-0.2, -0.15) is 0 Å². The second-order valence-corrected chi connectivity index (χ2v) is 2.97. The normalized spacial score (nSPS) is 13.5. The SMILES string of the molecule is CN=C(NC)N[C@@H](C)c1ccncc1. The Kier molecular flexibility index (Phi) is 3.91. The van der Waals surface area contributed by atoms with E-state index in [9.17, 15) is 0 Å². The van der Waals surface area contributed by atoms with Gasteiger partial charge in [0.2, 0.25) is 0 Å². The molecule has 2 N–H and O–H groups in total. The lowest BCUT2D eigenvalue weighted by atomic mass is 10.1. The minimum absolute atomic E-state index is 0.226. The first-order valence-electron chi connectivity index (χ1n) is 4.59. The number of aromatic nitrogens is 1. The predicted octanol–water partition coefficient (Wildman–Crippen LogP) is 0.937. The molecule has 0 aliphatic rings. The fraction of sp³-hybridized carbons (Fsp3) is 0.400. The number of rotatable bonds is 2. The molecule has 0 bridgehead atoms. The van der Waals surface area contributed by atoms with Crippen molar-refractivity contribution in [1.82, 2.24) is 15.6 Å². The molecule has 1 rings (SSSR count). The number of guanidine groups is 1. The van der Waals surface area contributed by atoms with Crippen LogP contribution >= 0.6 is 0 Å². The third kappa shape index (κ3) is 2.73. The topological polar surface area (TPSA) is 49.3 Å². The van der Waals surface area contributed by atoms with E-state index < -0.39 is 0 Å². The summed E-state index contributed by atoms with van der Waals surface area (Å²) in [4.78, 5) is 8.02. The minimum Gasteiger partial charge on any atom is -0.359 e. The molecule has 0 amide bonds. The first-order chi connectivity index (χ1) is 6.77. The van der Waals surface area contributed by atoms with Crippen LogP contribution in [0.4, 0.5) is 0 Å². The molecule has 0 fully saturated rings. The third-order valence-electron chi connectivity index (χ3n) is 2.02. The monoisotopic (exact) mass is 192 g/mol. The lowest BCUT2D eigenvalue weighted by molar-refractivity contribution is 0.697. The summed E-state index contributed by atoms with van der Waals surface area (Å²) in [6.07, 6.45) is 3.57. The van der Waals surface area contributed by atoms with Crippen LogP contribution in [0.15, 0.2) is 29.5 Å². The predicted molar refractivity (Wildman–Crippen MR) is 58.2 cm³/mol. The van der Waals surface area contributed by atoms with Crippen LogP contribution in [-0.4, -0.2) is 25.0 Å². The summed E-state index contributed by atoms with van der Waals surface area (Å²) in [6.45, 7) is 2.08. The molecule has 0 aliphatic heterocycles. The quantitative estimate of drug-likeness (QED) is 0.541. The van der Waals surface area contributed by atoms with Crippen molar-refractivity contribution in [2.75, 3.05) is 14.1 Å². The van der Waals surface area contributed by atoms with E-state index >= 15 is 0 Å². The fourth-order valence-corrected chi connectivity index (χ4v) is 1.19. The molecular weight excluding hydrogens is 176 g/mol. The Bertz CT molecular complexity index is 294. The first kappa shape index (κ1) is 10.5. The number of aliphatic imine (C=N–C) groups is 1. The van der Waals surface area contributed by atoms with Crippen molar-refractivity contribution in [3.63, 3.8) is 0 Å². The molecule has 0 spiro atoms. The standard InChI is InChI=1S/C10H16N4/c1-8(14-10(11-2)12-3)9-4-6-13-7-5-9/h4-8H,1-3H3,(H2,11,12,14)/t8-/m0/s1. The van der Waals surface area contributed by atoms with Crippen LogP contribution in [-0.2, 0) is 0 Å². The summed E-state index contributed by atoms with van der Waals surface area (Å²) in [7, 11) is 3.59. The van der Waals surface area contributed by atoms with Crippen LogP contribution in [0.2, 0.25) is 0 Å². The molecule has 4 heteroatoms. The van der Waals surface area contributed by atoms with Gasteiger partial charge < -0.3 is 10.6 Å². The summed E-state index contributed by atoms with van der Waals surface area (Å²) >= 11 is 0. The minimum atomic E-state index is 0.226. The smallest absolute Gasteiger partial charge is 0.191 e. The molecule has 14 heavy (non-hydrogen) atoms. The van der Waals surface area contributed by atoms with Crippen molar-refractivity contribution in [2.24, 2.45) is 4.99 Å². The maximum atomic E-state index is 4.05. The van der Waals surface area contributed by atoms with Crippen LogP contribution in [0.5, 0.6) is 0 Å². The Hall–Kier alpha value is -1.58. The van der Waals surface area contributed by atoms with Crippen molar-refractivity contribution < 1.29 is 0 Å². The second kappa shape index (κ2) is 5.21. The highest BCUT2D eigenvalue weighted by Crippen LogP contribution is 2.09. The second-order valence-electron chi connectivity index (χ2n) is 2.97. The average molecular weight is 192 g/mol. The summed E-state index contributed by atoms with van der Waals surface area (Å²) in [5.74, 6) is 0.786. The average Bonchev–Trinajstić information content (AvgIpc) is 2.26. The van der Waals surface area contributed by atoms with Gasteiger partial charge in [-0.25, -0.2) is 0 Å². The van der Waals surface area contributed by atoms with E-state index in [-0.39, 0.29) is 6.04 Å². The highest BCUT2D eigenvalue weighted by atomic mass is 15.2. The zero-order chi connectivity index (χ0) is 10.4. The molecule has 0 saturated heterocycles. The van der Waals surface area contributed by atoms with Crippen LogP contribution in [0.25, 0.3) is 0 Å². The summed E-state index contributed by atoms with van der Waals surface area (Å²) in [5, 5.41) is 6.22. The van der Waals surface area contributed by atoms with Gasteiger partial charge in [0, 0.05) is 26.5 Å². The Morgan fingerprint density at radius 2 is 2.07 bits per heavy atom. The number of pyridine rings is 1. The molecule has 4 nitrogen and oxygen atoms in total. The Balaban J connectivity index is 2.63. The van der Waals surface area contributed by atoms with E-state index in [4.69, 9.17) is 0 Å². The number of hydrogen-bond acceptors (Lipinski definition) is 2. The van der Waals surface area contributed by atoms with E-state index in [1.165, 1.54) is 5.56 Å². The zero-order valence-electron chi connectivity index (χ0n) is 8.78. The molecular formula is C10H16N4. The van der Waals surface area contributed by atoms with E-state index in [0.29, 0.717) is 0 Å². The molecule has 0 aromatic carbocycles. The summed E-state index contributed by atoms with van der Waals surface area (Å²) < 4.78 is 0. The van der Waals surface area contributed by atoms with Crippen molar-refractivity contribution in [1.29, 1.82) is 0 Å². The van der Waals surface area contributed by atoms with Crippen molar-refractivity contribution in [3.05, 3.63) is 30.1 Å². The molecule has 0 unspecified atom stereocenters. The van der Waals surface area contributed by atoms with Crippen molar-refractivity contribution in [3.8, 4) is 0 Å². The van der Waals surface area contributed by atoms with E-state index in [2.05, 4.69) is 27.5 Å². The largest absolute Gasteiger partial charge is 0.359 e. The lowest BCUT2D eigenvalue weighted by Gasteiger charge is -2.16. The van der Waals surface area contributed by atoms with Gasteiger partial charge in [0.25, 0.3) is 0 Å². The third-order valence-corrected chi connectivity index (χ3v) is 2.02. The van der Waals surface area contributed by atoms with Gasteiger partial charge in [0.05, 0.1) is 6.04 Å². The molecule has 1 aromatic rings. The fourth-order valence-electron chi connectivity index (χ4n) is 1.19. The van der Waals surface area contributed by atoms with Gasteiger partial charge in [-0.3, -0.25) is 9.98 Å². The van der Waals surface area contributed by atoms with Crippen LogP contribution in [0.1, 0.15) is 18.5 Å². The van der Waals surface area contributed by atoms with E-state index in [0.717, 1.165) is 5.96 Å². The number of hydrogen-bond donors (Lipinski definition) is 2. The van der Waals surface area contributed by atoms with Gasteiger partial charge in [0.15, 0.2) is 5.96 Å². The van der Waals surface area contributed by atoms with E-state index in [1.807, 2.05) is 19.2 Å². The van der Waals surface area contributed by atoms with E-state index in [1.54, 1.807) is 19.4 Å². The Morgan fingerprint density at radius 3 is 2.57 bits per heavy atom. The molecule has 1 aromatic heterocycles. The zero-order valence-corrected chi connectivity index (χ0v) is 8.78. The highest BCUT2D eigenvalue weighted by molar-refractivity contribution is 5.79. The molecule has 1 heterocycles. The number of nitrogens with zero attached hydrogens (tertiary/aromatic N) is 2. The Labute approximate surface area is 84.5 Å².